The Morgan fingerprint density at radius 1 is 0.587 bits per heavy atom. The van der Waals surface area contributed by atoms with Crippen LogP contribution >= 0.6 is 0 Å². The molecule has 5 aliphatic carbocycles. The molecule has 0 fully saturated rings. The van der Waals surface area contributed by atoms with E-state index in [1.807, 2.05) is 0 Å². The number of nitrogens with zero attached hydrogens (tertiary/aromatic N) is 2. The second-order valence-electron chi connectivity index (χ2n) is 19.7. The zero-order chi connectivity index (χ0) is 42.0. The largest absolute Gasteiger partial charge is 0.364 e. The molecule has 6 aromatic rings. The average molecular weight is 815 g/mol. The highest BCUT2D eigenvalue weighted by molar-refractivity contribution is 5.98. The SMILES string of the molecule is C[C@H]1C2=C(C=CC1N1CCCc3ccccc31)c1ccc(/C=C/c3ccc4c(c3)C(C)(C)c3cc(N5CCCC6=C5C=CCC6)ccc3-4)cc1C21c2ccccc2-c2ccccc21. The molecule has 0 radical (unpaired) electrons. The predicted octanol–water partition coefficient (Wildman–Crippen LogP) is 14.5. The van der Waals surface area contributed by atoms with Gasteiger partial charge >= 0.3 is 0 Å². The van der Waals surface area contributed by atoms with Crippen LogP contribution in [-0.2, 0) is 17.3 Å². The molecule has 63 heavy (non-hydrogen) atoms. The number of anilines is 2. The topological polar surface area (TPSA) is 6.48 Å². The molecule has 0 saturated carbocycles. The fourth-order valence-electron chi connectivity index (χ4n) is 13.3. The Bertz CT molecular complexity index is 3040. The second-order valence-corrected chi connectivity index (χ2v) is 19.7. The average Bonchev–Trinajstić information content (AvgIpc) is 3.88. The summed E-state index contributed by atoms with van der Waals surface area (Å²) in [5.41, 5.74) is 26.3. The zero-order valence-electron chi connectivity index (χ0n) is 36.8. The molecule has 7 aliphatic rings. The second kappa shape index (κ2) is 13.8. The molecular formula is C61H54N2. The van der Waals surface area contributed by atoms with Crippen molar-refractivity contribution in [2.24, 2.45) is 5.92 Å². The maximum Gasteiger partial charge on any atom is 0.0692 e. The molecule has 2 heteroatoms. The van der Waals surface area contributed by atoms with Crippen molar-refractivity contribution in [3.8, 4) is 22.3 Å². The number of rotatable bonds is 4. The van der Waals surface area contributed by atoms with Gasteiger partial charge < -0.3 is 9.80 Å². The summed E-state index contributed by atoms with van der Waals surface area (Å²) < 4.78 is 0. The maximum atomic E-state index is 2.71. The van der Waals surface area contributed by atoms with Crippen molar-refractivity contribution in [3.05, 3.63) is 219 Å². The third-order valence-electron chi connectivity index (χ3n) is 16.2. The van der Waals surface area contributed by atoms with Crippen LogP contribution in [0, 0.1) is 5.92 Å². The lowest BCUT2D eigenvalue weighted by molar-refractivity contribution is 0.488. The molecule has 2 atom stereocenters. The standard InChI is InChI=1S/C61H54N2/c1-39-56(63-35-13-17-43-15-5-11-23-58(43)63)33-32-50-49-30-27-41(37-55(49)61(59(39)50)51-20-8-6-18-45(51)46-19-7-9-21-52(46)61)25-24-40-26-29-47-48-31-28-44(38-54(48)60(2,3)53(47)36-40)62-34-12-16-42-14-4-10-22-57(42)62/h5-11,15,18-33,36-39,56H,4,12-14,16-17,34-35H2,1-3H3/b25-24+/t39-,56?/m1/s1. The molecule has 1 unspecified atom stereocenters. The molecule has 0 amide bonds. The van der Waals surface area contributed by atoms with Gasteiger partial charge in [0, 0.05) is 41.5 Å². The van der Waals surface area contributed by atoms with Crippen molar-refractivity contribution in [1.29, 1.82) is 0 Å². The lowest BCUT2D eigenvalue weighted by atomic mass is 9.64. The Morgan fingerprint density at radius 3 is 2.03 bits per heavy atom. The minimum atomic E-state index is -0.360. The van der Waals surface area contributed by atoms with Gasteiger partial charge in [-0.3, -0.25) is 0 Å². The van der Waals surface area contributed by atoms with Crippen LogP contribution in [0.2, 0.25) is 0 Å². The maximum absolute atomic E-state index is 2.71. The van der Waals surface area contributed by atoms with Crippen LogP contribution in [0.4, 0.5) is 11.4 Å². The normalized spacial score (nSPS) is 21.6. The van der Waals surface area contributed by atoms with Gasteiger partial charge in [-0.1, -0.05) is 154 Å². The van der Waals surface area contributed by atoms with Gasteiger partial charge in [0.25, 0.3) is 0 Å². The first-order valence-corrected chi connectivity index (χ1v) is 23.7. The van der Waals surface area contributed by atoms with Crippen LogP contribution < -0.4 is 9.80 Å². The first-order valence-electron chi connectivity index (χ1n) is 23.7. The Labute approximate surface area is 373 Å². The summed E-state index contributed by atoms with van der Waals surface area (Å²) in [4.78, 5) is 5.30. The van der Waals surface area contributed by atoms with Crippen LogP contribution in [0.1, 0.15) is 103 Å². The Morgan fingerprint density at radius 2 is 1.24 bits per heavy atom. The van der Waals surface area contributed by atoms with Gasteiger partial charge in [0.1, 0.15) is 0 Å². The number of allylic oxidation sites excluding steroid dienone is 5. The first-order chi connectivity index (χ1) is 30.9. The summed E-state index contributed by atoms with van der Waals surface area (Å²) in [6, 6.07) is 49.7. The number of fused-ring (bicyclic) bond motifs is 13. The van der Waals surface area contributed by atoms with Crippen molar-refractivity contribution >= 4 is 29.1 Å². The Hall–Kier alpha value is -6.38. The van der Waals surface area contributed by atoms with E-state index in [4.69, 9.17) is 0 Å². The fraction of sp³-hybridized carbons (Fsp3) is 0.246. The summed E-state index contributed by atoms with van der Waals surface area (Å²) >= 11 is 0. The number of aryl methyl sites for hydroxylation is 1. The van der Waals surface area contributed by atoms with Crippen molar-refractivity contribution in [1.82, 2.24) is 0 Å². The van der Waals surface area contributed by atoms with E-state index in [1.54, 1.807) is 11.1 Å². The van der Waals surface area contributed by atoms with Gasteiger partial charge in [-0.25, -0.2) is 0 Å². The van der Waals surface area contributed by atoms with E-state index in [0.717, 1.165) is 19.5 Å². The minimum Gasteiger partial charge on any atom is -0.364 e. The van der Waals surface area contributed by atoms with Crippen molar-refractivity contribution < 1.29 is 0 Å². The molecule has 0 N–H and O–H groups in total. The molecule has 2 aliphatic heterocycles. The van der Waals surface area contributed by atoms with Gasteiger partial charge in [0.15, 0.2) is 0 Å². The predicted molar refractivity (Wildman–Crippen MR) is 264 cm³/mol. The zero-order valence-corrected chi connectivity index (χ0v) is 36.8. The molecule has 308 valence electrons. The molecular weight excluding hydrogens is 761 g/mol. The van der Waals surface area contributed by atoms with E-state index in [0.29, 0.717) is 5.92 Å². The quantitative estimate of drug-likeness (QED) is 0.164. The lowest BCUT2D eigenvalue weighted by Gasteiger charge is -2.45. The fourth-order valence-corrected chi connectivity index (χ4v) is 13.3. The number of hydrogen-bond donors (Lipinski definition) is 0. The highest BCUT2D eigenvalue weighted by Gasteiger charge is 2.55. The van der Waals surface area contributed by atoms with E-state index in [2.05, 4.69) is 194 Å². The van der Waals surface area contributed by atoms with E-state index >= 15 is 0 Å². The molecule has 2 nitrogen and oxygen atoms in total. The van der Waals surface area contributed by atoms with Crippen LogP contribution in [0.3, 0.4) is 0 Å². The summed E-state index contributed by atoms with van der Waals surface area (Å²) in [5.74, 6) is 0.301. The van der Waals surface area contributed by atoms with E-state index in [9.17, 15) is 0 Å². The smallest absolute Gasteiger partial charge is 0.0692 e. The summed E-state index contributed by atoms with van der Waals surface area (Å²) in [7, 11) is 0. The summed E-state index contributed by atoms with van der Waals surface area (Å²) in [6.45, 7) is 9.54. The molecule has 13 rings (SSSR count). The molecule has 6 aromatic carbocycles. The molecule has 0 saturated heterocycles. The van der Waals surface area contributed by atoms with Crippen molar-refractivity contribution in [3.63, 3.8) is 0 Å². The highest BCUT2D eigenvalue weighted by atomic mass is 15.2. The van der Waals surface area contributed by atoms with Gasteiger partial charge in [-0.15, -0.1) is 0 Å². The minimum absolute atomic E-state index is 0.0910. The van der Waals surface area contributed by atoms with E-state index in [-0.39, 0.29) is 16.9 Å². The highest BCUT2D eigenvalue weighted by Crippen LogP contribution is 2.65. The van der Waals surface area contributed by atoms with E-state index < -0.39 is 0 Å². The van der Waals surface area contributed by atoms with Crippen LogP contribution in [-0.4, -0.2) is 19.1 Å². The van der Waals surface area contributed by atoms with Gasteiger partial charge in [-0.05, 0) is 158 Å². The monoisotopic (exact) mass is 814 g/mol. The number of benzene rings is 6. The van der Waals surface area contributed by atoms with Crippen molar-refractivity contribution in [2.75, 3.05) is 22.9 Å². The third kappa shape index (κ3) is 5.24. The van der Waals surface area contributed by atoms with Gasteiger partial charge in [0.2, 0.25) is 0 Å². The Balaban J connectivity index is 0.877. The van der Waals surface area contributed by atoms with E-state index in [1.165, 1.54) is 127 Å². The number of para-hydroxylation sites is 1. The van der Waals surface area contributed by atoms with Crippen LogP contribution in [0.25, 0.3) is 40.0 Å². The van der Waals surface area contributed by atoms with Gasteiger partial charge in [-0.2, -0.15) is 0 Å². The Kier molecular flexibility index (Phi) is 8.15. The molecule has 2 heterocycles. The summed E-state index contributed by atoms with van der Waals surface area (Å²) in [6.07, 6.45) is 21.7. The number of hydrogen-bond acceptors (Lipinski definition) is 2. The molecule has 0 aromatic heterocycles. The van der Waals surface area contributed by atoms with Crippen molar-refractivity contribution in [2.45, 2.75) is 76.2 Å². The first kappa shape index (κ1) is 37.2. The van der Waals surface area contributed by atoms with Gasteiger partial charge in [0.05, 0.1) is 11.5 Å². The molecule has 1 spiro atoms. The van der Waals surface area contributed by atoms with Crippen LogP contribution in [0.15, 0.2) is 169 Å². The summed E-state index contributed by atoms with van der Waals surface area (Å²) in [5, 5.41) is 0. The lowest BCUT2D eigenvalue weighted by Crippen LogP contribution is -2.45. The van der Waals surface area contributed by atoms with Crippen LogP contribution in [0.5, 0.6) is 0 Å². The third-order valence-corrected chi connectivity index (χ3v) is 16.2. The molecule has 0 bridgehead atoms.